The number of carboxylic acids is 2. The fraction of sp³-hybridized carbons (Fsp3) is 0. The third-order valence-corrected chi connectivity index (χ3v) is 3.05. The van der Waals surface area contributed by atoms with E-state index in [1.54, 1.807) is 36.4 Å². The standard InChI is InChI=1S/2C7H6O2S/c2*8-7(9)5-3-1-2-4-6(5)10/h2*1-4,10H,(H,8,9). The maximum atomic E-state index is 10.4. The fourth-order valence-electron chi connectivity index (χ4n) is 1.31. The largest absolute Gasteiger partial charge is 0.478 e. The van der Waals surface area contributed by atoms with Crippen LogP contribution in [0.2, 0.25) is 0 Å². The van der Waals surface area contributed by atoms with E-state index in [1.165, 1.54) is 12.1 Å². The quantitative estimate of drug-likeness (QED) is 0.642. The zero-order valence-corrected chi connectivity index (χ0v) is 12.0. The minimum absolute atomic E-state index is 0.242. The number of carbonyl (C=O) groups is 2. The van der Waals surface area contributed by atoms with E-state index >= 15 is 0 Å². The van der Waals surface area contributed by atoms with Gasteiger partial charge in [-0.25, -0.2) is 9.59 Å². The normalized spacial score (nSPS) is 9.30. The molecule has 2 aromatic rings. The average Bonchev–Trinajstić information content (AvgIpc) is 2.40. The van der Waals surface area contributed by atoms with Crippen LogP contribution in [0.1, 0.15) is 20.7 Å². The zero-order valence-electron chi connectivity index (χ0n) is 10.2. The molecule has 0 saturated heterocycles. The first-order chi connectivity index (χ1) is 9.43. The third-order valence-electron chi connectivity index (χ3n) is 2.27. The first-order valence-electron chi connectivity index (χ1n) is 5.46. The van der Waals surface area contributed by atoms with Gasteiger partial charge in [-0.1, -0.05) is 24.3 Å². The van der Waals surface area contributed by atoms with Crippen molar-refractivity contribution in [1.29, 1.82) is 0 Å². The van der Waals surface area contributed by atoms with E-state index in [-0.39, 0.29) is 11.1 Å². The van der Waals surface area contributed by atoms with Crippen molar-refractivity contribution in [3.05, 3.63) is 59.7 Å². The molecule has 0 aliphatic carbocycles. The van der Waals surface area contributed by atoms with Crippen LogP contribution in [0.25, 0.3) is 0 Å². The van der Waals surface area contributed by atoms with Gasteiger partial charge in [0.15, 0.2) is 0 Å². The summed E-state index contributed by atoms with van der Waals surface area (Å²) in [6.45, 7) is 0. The van der Waals surface area contributed by atoms with Crippen LogP contribution >= 0.6 is 25.3 Å². The predicted molar refractivity (Wildman–Crippen MR) is 81.3 cm³/mol. The van der Waals surface area contributed by atoms with Crippen molar-refractivity contribution in [3.63, 3.8) is 0 Å². The molecule has 0 bridgehead atoms. The molecular formula is C14H12O4S2. The summed E-state index contributed by atoms with van der Waals surface area (Å²) >= 11 is 7.91. The minimum atomic E-state index is -0.939. The molecule has 0 saturated carbocycles. The lowest BCUT2D eigenvalue weighted by molar-refractivity contribution is 0.0682. The van der Waals surface area contributed by atoms with Crippen LogP contribution in [0.3, 0.4) is 0 Å². The van der Waals surface area contributed by atoms with Crippen molar-refractivity contribution in [2.24, 2.45) is 0 Å². The molecule has 0 aliphatic heterocycles. The molecule has 2 N–H and O–H groups in total. The van der Waals surface area contributed by atoms with Crippen molar-refractivity contribution in [3.8, 4) is 0 Å². The Balaban J connectivity index is 0.000000200. The summed E-state index contributed by atoms with van der Waals surface area (Å²) in [5.41, 5.74) is 0.483. The van der Waals surface area contributed by atoms with Crippen molar-refractivity contribution in [1.82, 2.24) is 0 Å². The maximum Gasteiger partial charge on any atom is 0.336 e. The van der Waals surface area contributed by atoms with Crippen LogP contribution in [-0.2, 0) is 0 Å². The van der Waals surface area contributed by atoms with Gasteiger partial charge in [-0.05, 0) is 24.3 Å². The minimum Gasteiger partial charge on any atom is -0.478 e. The second kappa shape index (κ2) is 7.62. The predicted octanol–water partition coefficient (Wildman–Crippen LogP) is 3.35. The monoisotopic (exact) mass is 308 g/mol. The van der Waals surface area contributed by atoms with Gasteiger partial charge in [0.2, 0.25) is 0 Å². The number of carboxylic acid groups (broad SMARTS) is 2. The molecule has 0 amide bonds. The highest BCUT2D eigenvalue weighted by atomic mass is 32.1. The van der Waals surface area contributed by atoms with E-state index in [4.69, 9.17) is 10.2 Å². The number of rotatable bonds is 2. The van der Waals surface area contributed by atoms with Gasteiger partial charge in [-0.2, -0.15) is 0 Å². The third kappa shape index (κ3) is 4.64. The van der Waals surface area contributed by atoms with Gasteiger partial charge in [0.1, 0.15) is 0 Å². The highest BCUT2D eigenvalue weighted by molar-refractivity contribution is 7.80. The molecule has 0 fully saturated rings. The summed E-state index contributed by atoms with van der Waals surface area (Å²) in [7, 11) is 0. The summed E-state index contributed by atoms with van der Waals surface area (Å²) < 4.78 is 0. The highest BCUT2D eigenvalue weighted by Gasteiger charge is 2.04. The lowest BCUT2D eigenvalue weighted by Gasteiger charge is -1.95. The molecule has 2 aromatic carbocycles. The number of hydrogen-bond donors (Lipinski definition) is 4. The molecule has 0 atom stereocenters. The number of benzene rings is 2. The first-order valence-corrected chi connectivity index (χ1v) is 6.35. The van der Waals surface area contributed by atoms with Crippen LogP contribution < -0.4 is 0 Å². The zero-order chi connectivity index (χ0) is 15.1. The van der Waals surface area contributed by atoms with Crippen molar-refractivity contribution >= 4 is 37.2 Å². The fourth-order valence-corrected chi connectivity index (χ4v) is 1.82. The van der Waals surface area contributed by atoms with Gasteiger partial charge in [0.25, 0.3) is 0 Å². The Morgan fingerprint density at radius 1 is 0.700 bits per heavy atom. The van der Waals surface area contributed by atoms with E-state index in [1.807, 2.05) is 0 Å². The average molecular weight is 308 g/mol. The SMILES string of the molecule is O=C(O)c1ccccc1S.O=C(O)c1ccccc1S. The van der Waals surface area contributed by atoms with Gasteiger partial charge >= 0.3 is 11.9 Å². The van der Waals surface area contributed by atoms with Crippen LogP contribution in [0.4, 0.5) is 0 Å². The van der Waals surface area contributed by atoms with Gasteiger partial charge in [-0.15, -0.1) is 25.3 Å². The van der Waals surface area contributed by atoms with Crippen molar-refractivity contribution in [2.45, 2.75) is 9.79 Å². The van der Waals surface area contributed by atoms with Crippen LogP contribution in [0.5, 0.6) is 0 Å². The van der Waals surface area contributed by atoms with Gasteiger partial charge < -0.3 is 10.2 Å². The van der Waals surface area contributed by atoms with Crippen molar-refractivity contribution < 1.29 is 19.8 Å². The molecule has 0 unspecified atom stereocenters. The van der Waals surface area contributed by atoms with Gasteiger partial charge in [-0.3, -0.25) is 0 Å². The summed E-state index contributed by atoms with van der Waals surface area (Å²) in [6, 6.07) is 13.2. The Bertz CT molecular complexity index is 571. The number of thiol groups is 2. The molecule has 0 radical (unpaired) electrons. The van der Waals surface area contributed by atoms with Crippen molar-refractivity contribution in [2.75, 3.05) is 0 Å². The molecule has 2 rings (SSSR count). The second-order valence-electron chi connectivity index (χ2n) is 3.64. The molecule has 104 valence electrons. The Morgan fingerprint density at radius 2 is 1.00 bits per heavy atom. The van der Waals surface area contributed by atoms with E-state index in [0.717, 1.165) is 0 Å². The van der Waals surface area contributed by atoms with Crippen LogP contribution in [0.15, 0.2) is 58.3 Å². The van der Waals surface area contributed by atoms with Crippen LogP contribution in [0, 0.1) is 0 Å². The first kappa shape index (κ1) is 16.1. The molecule has 0 spiro atoms. The lowest BCUT2D eigenvalue weighted by Crippen LogP contribution is -1.96. The topological polar surface area (TPSA) is 74.6 Å². The Morgan fingerprint density at radius 3 is 1.20 bits per heavy atom. The summed E-state index contributed by atoms with van der Waals surface area (Å²) in [4.78, 5) is 21.7. The van der Waals surface area contributed by atoms with Gasteiger partial charge in [0.05, 0.1) is 11.1 Å². The molecule has 4 nitrogen and oxygen atoms in total. The molecule has 6 heteroatoms. The summed E-state index contributed by atoms with van der Waals surface area (Å²) in [5.74, 6) is -1.88. The molecule has 20 heavy (non-hydrogen) atoms. The molecule has 0 aromatic heterocycles. The van der Waals surface area contributed by atoms with Crippen LogP contribution in [-0.4, -0.2) is 22.2 Å². The molecule has 0 aliphatic rings. The molecular weight excluding hydrogens is 296 g/mol. The Kier molecular flexibility index (Phi) is 6.14. The second-order valence-corrected chi connectivity index (χ2v) is 4.61. The maximum absolute atomic E-state index is 10.4. The van der Waals surface area contributed by atoms with Gasteiger partial charge in [0, 0.05) is 9.79 Å². The lowest BCUT2D eigenvalue weighted by atomic mass is 10.2. The van der Waals surface area contributed by atoms with E-state index in [0.29, 0.717) is 9.79 Å². The molecule has 0 heterocycles. The smallest absolute Gasteiger partial charge is 0.336 e. The van der Waals surface area contributed by atoms with E-state index < -0.39 is 11.9 Å². The Hall–Kier alpha value is -1.92. The van der Waals surface area contributed by atoms with E-state index in [2.05, 4.69) is 25.3 Å². The number of aromatic carboxylic acids is 2. The summed E-state index contributed by atoms with van der Waals surface area (Å²) in [6.07, 6.45) is 0. The Labute approximate surface area is 126 Å². The number of hydrogen-bond acceptors (Lipinski definition) is 4. The van der Waals surface area contributed by atoms with E-state index in [9.17, 15) is 9.59 Å². The highest BCUT2D eigenvalue weighted by Crippen LogP contribution is 2.12. The summed E-state index contributed by atoms with van der Waals surface area (Å²) in [5, 5.41) is 17.0.